The molecule has 1 aromatic heterocycles. The molecule has 0 radical (unpaired) electrons. The highest BCUT2D eigenvalue weighted by Gasteiger charge is 2.23. The van der Waals surface area contributed by atoms with Crippen LogP contribution in [0.4, 0.5) is 0 Å². The average Bonchev–Trinajstić information content (AvgIpc) is 2.83. The van der Waals surface area contributed by atoms with Crippen LogP contribution in [0.15, 0.2) is 24.4 Å². The number of hydrogen-bond acceptors (Lipinski definition) is 2. The molecule has 2 aromatic rings. The fraction of sp³-hybridized carbons (Fsp3) is 0.438. The number of aromatic nitrogens is 2. The maximum Gasteiger partial charge on any atom is 0.122 e. The largest absolute Gasteiger partial charge is 0.330 e. The molecule has 2 heterocycles. The van der Waals surface area contributed by atoms with Gasteiger partial charge in [0.2, 0.25) is 0 Å². The average molecular weight is 255 g/mol. The van der Waals surface area contributed by atoms with Crippen molar-refractivity contribution in [2.75, 3.05) is 0 Å². The van der Waals surface area contributed by atoms with Gasteiger partial charge in [-0.3, -0.25) is 0 Å². The van der Waals surface area contributed by atoms with Crippen molar-refractivity contribution < 1.29 is 0 Å². The summed E-state index contributed by atoms with van der Waals surface area (Å²) < 4.78 is 2.32. The molecule has 0 aliphatic carbocycles. The van der Waals surface area contributed by atoms with E-state index in [-0.39, 0.29) is 0 Å². The molecular formula is C16H21N3. The summed E-state index contributed by atoms with van der Waals surface area (Å²) in [4.78, 5) is 4.42. The third-order valence-corrected chi connectivity index (χ3v) is 4.23. The fourth-order valence-corrected chi connectivity index (χ4v) is 3.13. The normalized spacial score (nSPS) is 18.4. The van der Waals surface area contributed by atoms with Gasteiger partial charge in [0.05, 0.1) is 6.54 Å². The van der Waals surface area contributed by atoms with Crippen LogP contribution >= 0.6 is 0 Å². The maximum absolute atomic E-state index is 5.77. The van der Waals surface area contributed by atoms with Crippen LogP contribution in [0.3, 0.4) is 0 Å². The van der Waals surface area contributed by atoms with Gasteiger partial charge in [0.1, 0.15) is 5.82 Å². The molecule has 0 saturated heterocycles. The van der Waals surface area contributed by atoms with Crippen molar-refractivity contribution in [3.05, 3.63) is 52.6 Å². The van der Waals surface area contributed by atoms with E-state index in [4.69, 9.17) is 5.73 Å². The molecule has 0 fully saturated rings. The molecule has 0 amide bonds. The second-order valence-electron chi connectivity index (χ2n) is 5.58. The van der Waals surface area contributed by atoms with Gasteiger partial charge >= 0.3 is 0 Å². The summed E-state index contributed by atoms with van der Waals surface area (Å²) in [5, 5.41) is 0. The second kappa shape index (κ2) is 4.82. The van der Waals surface area contributed by atoms with Crippen molar-refractivity contribution in [2.45, 2.75) is 45.7 Å². The first kappa shape index (κ1) is 12.4. The number of aryl methyl sites for hydroxylation is 3. The van der Waals surface area contributed by atoms with Crippen LogP contribution in [0, 0.1) is 13.8 Å². The first-order valence-corrected chi connectivity index (χ1v) is 6.99. The number of benzene rings is 1. The summed E-state index contributed by atoms with van der Waals surface area (Å²) in [5.41, 5.74) is 11.3. The summed E-state index contributed by atoms with van der Waals surface area (Å²) in [6.07, 6.45) is 4.30. The van der Waals surface area contributed by atoms with E-state index in [0.717, 1.165) is 18.8 Å². The van der Waals surface area contributed by atoms with Crippen molar-refractivity contribution in [2.24, 2.45) is 5.73 Å². The zero-order valence-corrected chi connectivity index (χ0v) is 11.7. The summed E-state index contributed by atoms with van der Waals surface area (Å²) in [6.45, 7) is 5.92. The van der Waals surface area contributed by atoms with Crippen LogP contribution in [-0.2, 0) is 19.5 Å². The highest BCUT2D eigenvalue weighted by Crippen LogP contribution is 2.32. The van der Waals surface area contributed by atoms with Gasteiger partial charge in [-0.05, 0) is 37.8 Å². The van der Waals surface area contributed by atoms with E-state index in [1.807, 2.05) is 6.20 Å². The highest BCUT2D eigenvalue weighted by molar-refractivity contribution is 5.34. The molecule has 19 heavy (non-hydrogen) atoms. The Bertz CT molecular complexity index is 585. The lowest BCUT2D eigenvalue weighted by atomic mass is 9.87. The molecule has 0 bridgehead atoms. The number of nitrogens with two attached hydrogens (primary N) is 1. The Morgan fingerprint density at radius 3 is 3.00 bits per heavy atom. The smallest absolute Gasteiger partial charge is 0.122 e. The summed E-state index contributed by atoms with van der Waals surface area (Å²) >= 11 is 0. The molecule has 3 heteroatoms. The van der Waals surface area contributed by atoms with E-state index >= 15 is 0 Å². The summed E-state index contributed by atoms with van der Waals surface area (Å²) in [6, 6.07) is 6.76. The Balaban J connectivity index is 1.94. The number of rotatable bonds is 2. The quantitative estimate of drug-likeness (QED) is 0.896. The lowest BCUT2D eigenvalue weighted by Crippen LogP contribution is -2.22. The van der Waals surface area contributed by atoms with E-state index in [2.05, 4.69) is 41.6 Å². The van der Waals surface area contributed by atoms with Crippen LogP contribution < -0.4 is 5.73 Å². The first-order chi connectivity index (χ1) is 9.19. The maximum atomic E-state index is 5.77. The van der Waals surface area contributed by atoms with Gasteiger partial charge in [-0.25, -0.2) is 4.98 Å². The minimum Gasteiger partial charge on any atom is -0.330 e. The molecular weight excluding hydrogens is 234 g/mol. The van der Waals surface area contributed by atoms with Crippen LogP contribution in [0.25, 0.3) is 0 Å². The topological polar surface area (TPSA) is 43.8 Å². The minimum absolute atomic E-state index is 0.527. The monoisotopic (exact) mass is 255 g/mol. The van der Waals surface area contributed by atoms with E-state index < -0.39 is 0 Å². The Hall–Kier alpha value is -1.61. The lowest BCUT2D eigenvalue weighted by molar-refractivity contribution is 0.450. The fourth-order valence-electron chi connectivity index (χ4n) is 3.13. The molecule has 3 nitrogen and oxygen atoms in total. The van der Waals surface area contributed by atoms with Crippen molar-refractivity contribution in [3.8, 4) is 0 Å². The van der Waals surface area contributed by atoms with Crippen molar-refractivity contribution >= 4 is 0 Å². The van der Waals surface area contributed by atoms with Gasteiger partial charge in [-0.2, -0.15) is 0 Å². The van der Waals surface area contributed by atoms with Gasteiger partial charge in [0.15, 0.2) is 0 Å². The van der Waals surface area contributed by atoms with Gasteiger partial charge in [-0.15, -0.1) is 0 Å². The number of fused-ring (bicyclic) bond motifs is 1. The third kappa shape index (κ3) is 2.19. The van der Waals surface area contributed by atoms with E-state index in [1.54, 1.807) is 0 Å². The molecule has 100 valence electrons. The number of nitrogens with zero attached hydrogens (tertiary/aromatic N) is 2. The number of hydrogen-bond donors (Lipinski definition) is 1. The molecule has 1 aliphatic rings. The first-order valence-electron chi connectivity index (χ1n) is 6.99. The van der Waals surface area contributed by atoms with Crippen molar-refractivity contribution in [3.63, 3.8) is 0 Å². The molecule has 3 rings (SSSR count). The predicted molar refractivity (Wildman–Crippen MR) is 77.1 cm³/mol. The van der Waals surface area contributed by atoms with Gasteiger partial charge < -0.3 is 10.3 Å². The zero-order valence-electron chi connectivity index (χ0n) is 11.7. The summed E-state index contributed by atoms with van der Waals surface area (Å²) in [7, 11) is 0. The highest BCUT2D eigenvalue weighted by atomic mass is 15.1. The minimum atomic E-state index is 0.527. The SMILES string of the molecule is Cc1ccc(C)c(C2CCc3cnc(CN)n3C2)c1. The van der Waals surface area contributed by atoms with Crippen LogP contribution in [0.1, 0.15) is 40.5 Å². The van der Waals surface area contributed by atoms with E-state index in [1.165, 1.54) is 28.8 Å². The van der Waals surface area contributed by atoms with Gasteiger partial charge in [0, 0.05) is 24.4 Å². The van der Waals surface area contributed by atoms with Crippen LogP contribution in [0.5, 0.6) is 0 Å². The van der Waals surface area contributed by atoms with Gasteiger partial charge in [0.25, 0.3) is 0 Å². The van der Waals surface area contributed by atoms with Gasteiger partial charge in [-0.1, -0.05) is 23.8 Å². The standard InChI is InChI=1S/C16H21N3/c1-11-3-4-12(2)15(7-11)13-5-6-14-9-18-16(8-17)19(14)10-13/h3-4,7,9,13H,5-6,8,10,17H2,1-2H3. The molecule has 2 N–H and O–H groups in total. The lowest BCUT2D eigenvalue weighted by Gasteiger charge is -2.27. The molecule has 1 unspecified atom stereocenters. The summed E-state index contributed by atoms with van der Waals surface area (Å²) in [5.74, 6) is 1.61. The molecule has 0 saturated carbocycles. The Labute approximate surface area is 114 Å². The molecule has 1 aromatic carbocycles. The number of imidazole rings is 1. The molecule has 0 spiro atoms. The van der Waals surface area contributed by atoms with Crippen molar-refractivity contribution in [1.82, 2.24) is 9.55 Å². The zero-order chi connectivity index (χ0) is 13.4. The Kier molecular flexibility index (Phi) is 3.15. The second-order valence-corrected chi connectivity index (χ2v) is 5.58. The van der Waals surface area contributed by atoms with E-state index in [9.17, 15) is 0 Å². The third-order valence-electron chi connectivity index (χ3n) is 4.23. The molecule has 1 atom stereocenters. The Morgan fingerprint density at radius 1 is 1.37 bits per heavy atom. The van der Waals surface area contributed by atoms with Crippen LogP contribution in [-0.4, -0.2) is 9.55 Å². The Morgan fingerprint density at radius 2 is 2.21 bits per heavy atom. The molecule has 1 aliphatic heterocycles. The predicted octanol–water partition coefficient (Wildman–Crippen LogP) is 2.69. The van der Waals surface area contributed by atoms with Crippen LogP contribution in [0.2, 0.25) is 0 Å². The van der Waals surface area contributed by atoms with E-state index in [0.29, 0.717) is 12.5 Å². The van der Waals surface area contributed by atoms with Crippen molar-refractivity contribution in [1.29, 1.82) is 0 Å².